The lowest BCUT2D eigenvalue weighted by atomic mass is 9.98. The Kier molecular flexibility index (Phi) is 5.55. The number of carbonyl (C=O) groups is 1. The van der Waals surface area contributed by atoms with E-state index in [9.17, 15) is 13.2 Å². The van der Waals surface area contributed by atoms with Crippen LogP contribution in [0.5, 0.6) is 0 Å². The number of piperidine rings is 1. The standard InChI is InChI=1S/C15H23N3O3S/c1-11(18-15(19)13-4-3-9-17-10-13)12-5-7-14(8-6-12)22(20,21)16-2/h5-8,11,13,16-17H,3-4,9-10H2,1-2H3,(H,18,19). The lowest BCUT2D eigenvalue weighted by Gasteiger charge is -2.24. The van der Waals surface area contributed by atoms with E-state index in [1.54, 1.807) is 24.3 Å². The van der Waals surface area contributed by atoms with Crippen molar-refractivity contribution in [3.63, 3.8) is 0 Å². The van der Waals surface area contributed by atoms with E-state index >= 15 is 0 Å². The van der Waals surface area contributed by atoms with Gasteiger partial charge in [0.2, 0.25) is 15.9 Å². The van der Waals surface area contributed by atoms with Crippen LogP contribution in [0.15, 0.2) is 29.2 Å². The minimum atomic E-state index is -3.43. The van der Waals surface area contributed by atoms with Crippen molar-refractivity contribution in [1.29, 1.82) is 0 Å². The zero-order valence-electron chi connectivity index (χ0n) is 12.9. The number of carbonyl (C=O) groups excluding carboxylic acids is 1. The summed E-state index contributed by atoms with van der Waals surface area (Å²) >= 11 is 0. The lowest BCUT2D eigenvalue weighted by Crippen LogP contribution is -2.41. The highest BCUT2D eigenvalue weighted by Gasteiger charge is 2.22. The molecule has 1 amide bonds. The minimum absolute atomic E-state index is 0.0140. The third-order valence-electron chi connectivity index (χ3n) is 3.99. The van der Waals surface area contributed by atoms with Crippen LogP contribution in [-0.2, 0) is 14.8 Å². The van der Waals surface area contributed by atoms with Crippen LogP contribution >= 0.6 is 0 Å². The topological polar surface area (TPSA) is 87.3 Å². The molecule has 0 spiro atoms. The summed E-state index contributed by atoms with van der Waals surface area (Å²) in [6.07, 6.45) is 1.92. The molecular formula is C15H23N3O3S. The maximum Gasteiger partial charge on any atom is 0.240 e. The first kappa shape index (κ1) is 16.9. The predicted octanol–water partition coefficient (Wildman–Crippen LogP) is 0.772. The summed E-state index contributed by atoms with van der Waals surface area (Å²) in [4.78, 5) is 12.4. The Morgan fingerprint density at radius 3 is 2.55 bits per heavy atom. The van der Waals surface area contributed by atoms with E-state index in [1.165, 1.54) is 7.05 Å². The molecule has 0 saturated carbocycles. The van der Waals surface area contributed by atoms with Crippen LogP contribution in [0.3, 0.4) is 0 Å². The number of rotatable bonds is 5. The maximum absolute atomic E-state index is 12.2. The molecule has 2 atom stereocenters. The Bertz CT molecular complexity index is 607. The molecule has 2 rings (SSSR count). The van der Waals surface area contributed by atoms with Gasteiger partial charge in [0.25, 0.3) is 0 Å². The van der Waals surface area contributed by atoms with Gasteiger partial charge in [0.15, 0.2) is 0 Å². The van der Waals surface area contributed by atoms with Gasteiger partial charge in [0, 0.05) is 6.54 Å². The van der Waals surface area contributed by atoms with Gasteiger partial charge in [0.1, 0.15) is 0 Å². The Morgan fingerprint density at radius 2 is 2.00 bits per heavy atom. The van der Waals surface area contributed by atoms with Gasteiger partial charge in [-0.3, -0.25) is 4.79 Å². The second kappa shape index (κ2) is 7.21. The van der Waals surface area contributed by atoms with Gasteiger partial charge in [-0.05, 0) is 51.1 Å². The van der Waals surface area contributed by atoms with Crippen LogP contribution in [-0.4, -0.2) is 34.5 Å². The second-order valence-corrected chi connectivity index (χ2v) is 7.44. The molecular weight excluding hydrogens is 302 g/mol. The Morgan fingerprint density at radius 1 is 1.32 bits per heavy atom. The zero-order valence-corrected chi connectivity index (χ0v) is 13.7. The molecule has 1 aromatic carbocycles. The quantitative estimate of drug-likeness (QED) is 0.746. The van der Waals surface area contributed by atoms with E-state index in [1.807, 2.05) is 6.92 Å². The van der Waals surface area contributed by atoms with Crippen molar-refractivity contribution in [2.75, 3.05) is 20.1 Å². The molecule has 1 aliphatic rings. The van der Waals surface area contributed by atoms with E-state index in [0.717, 1.165) is 31.5 Å². The summed E-state index contributed by atoms with van der Waals surface area (Å²) in [5.74, 6) is 0.0618. The van der Waals surface area contributed by atoms with Crippen molar-refractivity contribution in [2.45, 2.75) is 30.7 Å². The van der Waals surface area contributed by atoms with Crippen LogP contribution < -0.4 is 15.4 Å². The molecule has 122 valence electrons. The molecule has 22 heavy (non-hydrogen) atoms. The number of benzene rings is 1. The molecule has 1 saturated heterocycles. The van der Waals surface area contributed by atoms with Crippen LogP contribution in [0.2, 0.25) is 0 Å². The molecule has 0 aromatic heterocycles. The van der Waals surface area contributed by atoms with Crippen molar-refractivity contribution in [3.05, 3.63) is 29.8 Å². The third kappa shape index (κ3) is 4.06. The fraction of sp³-hybridized carbons (Fsp3) is 0.533. The average molecular weight is 325 g/mol. The van der Waals surface area contributed by atoms with E-state index < -0.39 is 10.0 Å². The first-order valence-corrected chi connectivity index (χ1v) is 8.97. The van der Waals surface area contributed by atoms with Crippen LogP contribution in [0.25, 0.3) is 0 Å². The van der Waals surface area contributed by atoms with Crippen molar-refractivity contribution < 1.29 is 13.2 Å². The summed E-state index contributed by atoms with van der Waals surface area (Å²) in [7, 11) is -2.05. The average Bonchev–Trinajstić information content (AvgIpc) is 2.55. The molecule has 1 heterocycles. The van der Waals surface area contributed by atoms with Crippen molar-refractivity contribution in [1.82, 2.24) is 15.4 Å². The first-order chi connectivity index (χ1) is 10.4. The smallest absolute Gasteiger partial charge is 0.240 e. The first-order valence-electron chi connectivity index (χ1n) is 7.48. The molecule has 2 unspecified atom stereocenters. The highest BCUT2D eigenvalue weighted by atomic mass is 32.2. The zero-order chi connectivity index (χ0) is 16.2. The largest absolute Gasteiger partial charge is 0.349 e. The molecule has 0 aliphatic carbocycles. The van der Waals surface area contributed by atoms with Gasteiger partial charge in [-0.25, -0.2) is 13.1 Å². The highest BCUT2D eigenvalue weighted by Crippen LogP contribution is 2.18. The van der Waals surface area contributed by atoms with Crippen molar-refractivity contribution >= 4 is 15.9 Å². The molecule has 0 bridgehead atoms. The normalized spacial score (nSPS) is 20.4. The number of hydrogen-bond donors (Lipinski definition) is 3. The van der Waals surface area contributed by atoms with Gasteiger partial charge >= 0.3 is 0 Å². The molecule has 1 aliphatic heterocycles. The molecule has 3 N–H and O–H groups in total. The summed E-state index contributed by atoms with van der Waals surface area (Å²) < 4.78 is 25.6. The fourth-order valence-corrected chi connectivity index (χ4v) is 3.27. The Hall–Kier alpha value is -1.44. The number of amides is 1. The van der Waals surface area contributed by atoms with Crippen LogP contribution in [0.1, 0.15) is 31.4 Å². The summed E-state index contributed by atoms with van der Waals surface area (Å²) in [5, 5.41) is 6.22. The number of hydrogen-bond acceptors (Lipinski definition) is 4. The summed E-state index contributed by atoms with van der Waals surface area (Å²) in [6.45, 7) is 3.59. The molecule has 7 heteroatoms. The second-order valence-electron chi connectivity index (χ2n) is 5.55. The van der Waals surface area contributed by atoms with Crippen LogP contribution in [0.4, 0.5) is 0 Å². The monoisotopic (exact) mass is 325 g/mol. The molecule has 1 aromatic rings. The van der Waals surface area contributed by atoms with Gasteiger partial charge in [-0.15, -0.1) is 0 Å². The minimum Gasteiger partial charge on any atom is -0.349 e. The fourth-order valence-electron chi connectivity index (χ4n) is 2.54. The van der Waals surface area contributed by atoms with E-state index in [2.05, 4.69) is 15.4 Å². The maximum atomic E-state index is 12.2. The molecule has 6 nitrogen and oxygen atoms in total. The van der Waals surface area contributed by atoms with Gasteiger partial charge in [-0.1, -0.05) is 12.1 Å². The Balaban J connectivity index is 2.00. The van der Waals surface area contributed by atoms with E-state index in [0.29, 0.717) is 0 Å². The Labute approximate surface area is 131 Å². The molecule has 1 fully saturated rings. The predicted molar refractivity (Wildman–Crippen MR) is 84.8 cm³/mol. The van der Waals surface area contributed by atoms with Gasteiger partial charge in [0.05, 0.1) is 16.9 Å². The summed E-state index contributed by atoms with van der Waals surface area (Å²) in [6, 6.07) is 6.40. The van der Waals surface area contributed by atoms with Gasteiger partial charge in [-0.2, -0.15) is 0 Å². The number of sulfonamides is 1. The van der Waals surface area contributed by atoms with Crippen molar-refractivity contribution in [2.24, 2.45) is 5.92 Å². The third-order valence-corrected chi connectivity index (χ3v) is 5.42. The molecule has 0 radical (unpaired) electrons. The number of nitrogens with one attached hydrogen (secondary N) is 3. The van der Waals surface area contributed by atoms with Crippen LogP contribution in [0, 0.1) is 5.92 Å². The van der Waals surface area contributed by atoms with Gasteiger partial charge < -0.3 is 10.6 Å². The SMILES string of the molecule is CNS(=O)(=O)c1ccc(C(C)NC(=O)C2CCCNC2)cc1. The van der Waals surface area contributed by atoms with E-state index in [-0.39, 0.29) is 22.8 Å². The highest BCUT2D eigenvalue weighted by molar-refractivity contribution is 7.89. The van der Waals surface area contributed by atoms with E-state index in [4.69, 9.17) is 0 Å². The summed E-state index contributed by atoms with van der Waals surface area (Å²) in [5.41, 5.74) is 0.882. The lowest BCUT2D eigenvalue weighted by molar-refractivity contribution is -0.126. The van der Waals surface area contributed by atoms with Crippen molar-refractivity contribution in [3.8, 4) is 0 Å².